The first-order valence-electron chi connectivity index (χ1n) is 6.07. The molecule has 1 aromatic rings. The summed E-state index contributed by atoms with van der Waals surface area (Å²) in [7, 11) is 0. The molecule has 106 valence electrons. The van der Waals surface area contributed by atoms with Crippen molar-refractivity contribution in [3.63, 3.8) is 0 Å². The number of benzene rings is 1. The van der Waals surface area contributed by atoms with Gasteiger partial charge in [0.2, 0.25) is 0 Å². The molecule has 0 heterocycles. The lowest BCUT2D eigenvalue weighted by molar-refractivity contribution is 0.0900. The van der Waals surface area contributed by atoms with Crippen LogP contribution in [0.25, 0.3) is 0 Å². The summed E-state index contributed by atoms with van der Waals surface area (Å²) in [6.45, 7) is 6.41. The molecule has 5 heteroatoms. The summed E-state index contributed by atoms with van der Waals surface area (Å²) in [5, 5.41) is 3.99. The highest BCUT2D eigenvalue weighted by molar-refractivity contribution is 9.11. The van der Waals surface area contributed by atoms with Crippen molar-refractivity contribution in [3.8, 4) is 0 Å². The van der Waals surface area contributed by atoms with Crippen LogP contribution in [0.2, 0.25) is 0 Å². The van der Waals surface area contributed by atoms with Gasteiger partial charge in [0.1, 0.15) is 0 Å². The van der Waals surface area contributed by atoms with Gasteiger partial charge in [-0.3, -0.25) is 4.79 Å². The van der Waals surface area contributed by atoms with Gasteiger partial charge in [-0.1, -0.05) is 52.6 Å². The Kier molecular flexibility index (Phi) is 6.54. The van der Waals surface area contributed by atoms with E-state index in [1.165, 1.54) is 0 Å². The van der Waals surface area contributed by atoms with E-state index in [2.05, 4.69) is 73.9 Å². The van der Waals surface area contributed by atoms with E-state index in [0.29, 0.717) is 5.56 Å². The highest BCUT2D eigenvalue weighted by atomic mass is 79.9. The van der Waals surface area contributed by atoms with E-state index in [4.69, 9.17) is 0 Å². The van der Waals surface area contributed by atoms with Gasteiger partial charge in [-0.15, -0.1) is 0 Å². The second-order valence-corrected chi connectivity index (χ2v) is 8.06. The fourth-order valence-electron chi connectivity index (χ4n) is 1.74. The zero-order valence-corrected chi connectivity index (χ0v) is 16.0. The number of hydrogen-bond acceptors (Lipinski definition) is 1. The van der Waals surface area contributed by atoms with Gasteiger partial charge in [-0.05, 0) is 46.0 Å². The third kappa shape index (κ3) is 5.20. The molecule has 0 bridgehead atoms. The number of alkyl halides is 1. The van der Waals surface area contributed by atoms with Crippen LogP contribution in [-0.2, 0) is 0 Å². The van der Waals surface area contributed by atoms with Crippen LogP contribution in [-0.4, -0.2) is 17.3 Å². The Morgan fingerprint density at radius 2 is 1.95 bits per heavy atom. The Bertz CT molecular complexity index is 454. The van der Waals surface area contributed by atoms with Crippen molar-refractivity contribution in [2.45, 2.75) is 33.2 Å². The lowest BCUT2D eigenvalue weighted by atomic mass is 9.85. The van der Waals surface area contributed by atoms with Crippen LogP contribution in [0.1, 0.15) is 37.6 Å². The minimum Gasteiger partial charge on any atom is -0.349 e. The Balaban J connectivity index is 2.88. The smallest absolute Gasteiger partial charge is 0.252 e. The molecule has 0 radical (unpaired) electrons. The normalized spacial score (nSPS) is 13.2. The monoisotopic (exact) mass is 453 g/mol. The van der Waals surface area contributed by atoms with Gasteiger partial charge in [-0.2, -0.15) is 0 Å². The molecule has 0 aliphatic rings. The maximum Gasteiger partial charge on any atom is 0.252 e. The summed E-state index contributed by atoms with van der Waals surface area (Å²) < 4.78 is 1.75. The van der Waals surface area contributed by atoms with Crippen LogP contribution in [0.3, 0.4) is 0 Å². The molecule has 1 amide bonds. The van der Waals surface area contributed by atoms with Crippen molar-refractivity contribution >= 4 is 53.7 Å². The Morgan fingerprint density at radius 3 is 2.42 bits per heavy atom. The molecule has 0 aliphatic heterocycles. The van der Waals surface area contributed by atoms with E-state index in [9.17, 15) is 4.79 Å². The number of carbonyl (C=O) groups is 1. The van der Waals surface area contributed by atoms with E-state index < -0.39 is 0 Å². The van der Waals surface area contributed by atoms with Crippen LogP contribution in [0, 0.1) is 5.41 Å². The van der Waals surface area contributed by atoms with Gasteiger partial charge in [0, 0.05) is 20.3 Å². The fourth-order valence-corrected chi connectivity index (χ4v) is 3.43. The summed E-state index contributed by atoms with van der Waals surface area (Å²) in [5.41, 5.74) is 0.692. The molecular weight excluding hydrogens is 438 g/mol. The number of hydrogen-bond donors (Lipinski definition) is 1. The number of nitrogens with one attached hydrogen (secondary N) is 1. The summed E-state index contributed by atoms with van der Waals surface area (Å²) >= 11 is 10.3. The predicted octanol–water partition coefficient (Wildman–Crippen LogP) is 5.14. The minimum atomic E-state index is -0.0414. The Labute approximate surface area is 140 Å². The molecule has 2 nitrogen and oxygen atoms in total. The largest absolute Gasteiger partial charge is 0.349 e. The first kappa shape index (κ1) is 17.2. The van der Waals surface area contributed by atoms with Gasteiger partial charge in [-0.25, -0.2) is 0 Å². The molecule has 1 rings (SSSR count). The number of amides is 1. The summed E-state index contributed by atoms with van der Waals surface area (Å²) in [6.07, 6.45) is 0.906. The van der Waals surface area contributed by atoms with E-state index >= 15 is 0 Å². The summed E-state index contributed by atoms with van der Waals surface area (Å²) in [4.78, 5) is 12.3. The SMILES string of the molecule is CC(C)(C)C(CCBr)NC(=O)c1ccc(Br)cc1Br. The molecular formula is C14H18Br3NO. The average Bonchev–Trinajstić information content (AvgIpc) is 2.26. The van der Waals surface area contributed by atoms with Crippen molar-refractivity contribution in [1.29, 1.82) is 0 Å². The van der Waals surface area contributed by atoms with Crippen molar-refractivity contribution < 1.29 is 4.79 Å². The van der Waals surface area contributed by atoms with Crippen LogP contribution >= 0.6 is 47.8 Å². The summed E-state index contributed by atoms with van der Waals surface area (Å²) in [6, 6.07) is 5.70. The lowest BCUT2D eigenvalue weighted by Gasteiger charge is -2.31. The maximum absolute atomic E-state index is 12.3. The maximum atomic E-state index is 12.3. The quantitative estimate of drug-likeness (QED) is 0.625. The van der Waals surface area contributed by atoms with E-state index in [1.54, 1.807) is 0 Å². The topological polar surface area (TPSA) is 29.1 Å². The molecule has 1 N–H and O–H groups in total. The first-order chi connectivity index (χ1) is 8.75. The molecule has 1 atom stereocenters. The average molecular weight is 456 g/mol. The highest BCUT2D eigenvalue weighted by Gasteiger charge is 2.26. The van der Waals surface area contributed by atoms with Crippen LogP contribution in [0.4, 0.5) is 0 Å². The van der Waals surface area contributed by atoms with Gasteiger partial charge in [0.15, 0.2) is 0 Å². The zero-order valence-electron chi connectivity index (χ0n) is 11.3. The fraction of sp³-hybridized carbons (Fsp3) is 0.500. The highest BCUT2D eigenvalue weighted by Crippen LogP contribution is 2.25. The van der Waals surface area contributed by atoms with Gasteiger partial charge >= 0.3 is 0 Å². The Hall–Kier alpha value is 0.130. The molecule has 0 fully saturated rings. The van der Waals surface area contributed by atoms with Crippen molar-refractivity contribution in [3.05, 3.63) is 32.7 Å². The van der Waals surface area contributed by atoms with Crippen molar-refractivity contribution in [1.82, 2.24) is 5.32 Å². The lowest BCUT2D eigenvalue weighted by Crippen LogP contribution is -2.44. The number of halogens is 3. The standard InChI is InChI=1S/C14H18Br3NO/c1-14(2,3)12(6-7-15)18-13(19)10-5-4-9(16)8-11(10)17/h4-5,8,12H,6-7H2,1-3H3,(H,18,19). The van der Waals surface area contributed by atoms with Crippen LogP contribution in [0.5, 0.6) is 0 Å². The summed E-state index contributed by atoms with van der Waals surface area (Å²) in [5.74, 6) is -0.0414. The third-order valence-corrected chi connectivity index (χ3v) is 4.53. The number of carbonyl (C=O) groups excluding carboxylic acids is 1. The number of rotatable bonds is 4. The minimum absolute atomic E-state index is 0.0330. The van der Waals surface area contributed by atoms with E-state index in [-0.39, 0.29) is 17.4 Å². The molecule has 1 aromatic carbocycles. The Morgan fingerprint density at radius 1 is 1.32 bits per heavy atom. The predicted molar refractivity (Wildman–Crippen MR) is 91.0 cm³/mol. The second-order valence-electron chi connectivity index (χ2n) is 5.49. The van der Waals surface area contributed by atoms with Gasteiger partial charge < -0.3 is 5.32 Å². The molecule has 0 saturated heterocycles. The first-order valence-corrected chi connectivity index (χ1v) is 8.78. The molecule has 0 spiro atoms. The van der Waals surface area contributed by atoms with Crippen LogP contribution < -0.4 is 5.32 Å². The molecule has 0 aliphatic carbocycles. The second kappa shape index (κ2) is 7.23. The van der Waals surface area contributed by atoms with E-state index in [0.717, 1.165) is 20.7 Å². The van der Waals surface area contributed by atoms with Crippen molar-refractivity contribution in [2.24, 2.45) is 5.41 Å². The molecule has 19 heavy (non-hydrogen) atoms. The van der Waals surface area contributed by atoms with Gasteiger partial charge in [0.25, 0.3) is 5.91 Å². The molecule has 0 saturated carbocycles. The molecule has 0 aromatic heterocycles. The third-order valence-electron chi connectivity index (χ3n) is 2.92. The zero-order chi connectivity index (χ0) is 14.6. The van der Waals surface area contributed by atoms with E-state index in [1.807, 2.05) is 18.2 Å². The van der Waals surface area contributed by atoms with Crippen LogP contribution in [0.15, 0.2) is 27.1 Å². The van der Waals surface area contributed by atoms with Gasteiger partial charge in [0.05, 0.1) is 5.56 Å². The molecule has 1 unspecified atom stereocenters. The van der Waals surface area contributed by atoms with Crippen molar-refractivity contribution in [2.75, 3.05) is 5.33 Å².